The highest BCUT2D eigenvalue weighted by Crippen LogP contribution is 2.12. The zero-order valence-corrected chi connectivity index (χ0v) is 12.6. The van der Waals surface area contributed by atoms with Gasteiger partial charge in [-0.2, -0.15) is 0 Å². The summed E-state index contributed by atoms with van der Waals surface area (Å²) in [7, 11) is 1.52. The third-order valence-electron chi connectivity index (χ3n) is 2.93. The number of anilines is 1. The van der Waals surface area contributed by atoms with E-state index in [9.17, 15) is 14.0 Å². The number of nitrogens with zero attached hydrogens (tertiary/aromatic N) is 1. The van der Waals surface area contributed by atoms with Gasteiger partial charge in [-0.25, -0.2) is 4.39 Å². The van der Waals surface area contributed by atoms with Crippen molar-refractivity contribution in [2.75, 3.05) is 18.9 Å². The van der Waals surface area contributed by atoms with Crippen LogP contribution in [0.1, 0.15) is 10.4 Å². The third kappa shape index (κ3) is 4.30. The highest BCUT2D eigenvalue weighted by molar-refractivity contribution is 6.30. The molecule has 0 bridgehead atoms. The number of nitrogens with one attached hydrogen (secondary N) is 1. The maximum Gasteiger partial charge on any atom is 0.254 e. The molecule has 4 nitrogen and oxygen atoms in total. The molecule has 0 fully saturated rings. The molecule has 0 heterocycles. The molecule has 0 saturated carbocycles. The molecule has 0 atom stereocenters. The monoisotopic (exact) mass is 320 g/mol. The fourth-order valence-electron chi connectivity index (χ4n) is 1.87. The highest BCUT2D eigenvalue weighted by atomic mass is 35.5. The average molecular weight is 321 g/mol. The minimum atomic E-state index is -0.441. The molecule has 0 aliphatic carbocycles. The summed E-state index contributed by atoms with van der Waals surface area (Å²) >= 11 is 5.76. The predicted octanol–water partition coefficient (Wildman–Crippen LogP) is 3.19. The van der Waals surface area contributed by atoms with Crippen LogP contribution in [0.15, 0.2) is 48.5 Å². The van der Waals surface area contributed by atoms with Gasteiger partial charge < -0.3 is 10.2 Å². The van der Waals surface area contributed by atoms with Crippen molar-refractivity contribution in [2.45, 2.75) is 0 Å². The molecule has 22 heavy (non-hydrogen) atoms. The standard InChI is InChI=1S/C16H14ClFN2O2/c1-20(16(22)11-5-7-12(17)8-6-11)10-15(21)19-14-4-2-3-13(18)9-14/h2-9H,10H2,1H3,(H,19,21). The summed E-state index contributed by atoms with van der Waals surface area (Å²) in [5, 5.41) is 3.07. The van der Waals surface area contributed by atoms with Crippen molar-refractivity contribution < 1.29 is 14.0 Å². The largest absolute Gasteiger partial charge is 0.332 e. The molecule has 0 spiro atoms. The van der Waals surface area contributed by atoms with E-state index in [0.29, 0.717) is 16.3 Å². The molecule has 2 rings (SSSR count). The molecule has 0 saturated heterocycles. The fraction of sp³-hybridized carbons (Fsp3) is 0.125. The average Bonchev–Trinajstić information content (AvgIpc) is 2.47. The van der Waals surface area contributed by atoms with E-state index < -0.39 is 11.7 Å². The van der Waals surface area contributed by atoms with Crippen LogP contribution in [0.5, 0.6) is 0 Å². The fourth-order valence-corrected chi connectivity index (χ4v) is 1.99. The lowest BCUT2D eigenvalue weighted by Gasteiger charge is -2.17. The highest BCUT2D eigenvalue weighted by Gasteiger charge is 2.15. The van der Waals surface area contributed by atoms with E-state index in [1.54, 1.807) is 30.3 Å². The summed E-state index contributed by atoms with van der Waals surface area (Å²) in [4.78, 5) is 25.3. The van der Waals surface area contributed by atoms with Crippen LogP contribution in [0.4, 0.5) is 10.1 Å². The molecule has 2 aromatic rings. The Labute approximate surface area is 132 Å². The molecule has 2 aromatic carbocycles. The molecule has 2 amide bonds. The number of carbonyl (C=O) groups is 2. The van der Waals surface area contributed by atoms with Gasteiger partial charge in [0.15, 0.2) is 0 Å². The van der Waals surface area contributed by atoms with E-state index in [-0.39, 0.29) is 12.5 Å². The van der Waals surface area contributed by atoms with Crippen molar-refractivity contribution in [3.05, 3.63) is 64.9 Å². The Hall–Kier alpha value is -2.40. The third-order valence-corrected chi connectivity index (χ3v) is 3.18. The van der Waals surface area contributed by atoms with Crippen LogP contribution in [-0.4, -0.2) is 30.3 Å². The van der Waals surface area contributed by atoms with Crippen LogP contribution in [0.25, 0.3) is 0 Å². The summed E-state index contributed by atoms with van der Waals surface area (Å²) in [6.45, 7) is -0.141. The molecule has 0 aromatic heterocycles. The molecule has 114 valence electrons. The van der Waals surface area contributed by atoms with Gasteiger partial charge in [0.25, 0.3) is 5.91 Å². The number of hydrogen-bond acceptors (Lipinski definition) is 2. The maximum atomic E-state index is 13.0. The second-order valence-corrected chi connectivity index (χ2v) is 5.16. The van der Waals surface area contributed by atoms with Gasteiger partial charge in [0.2, 0.25) is 5.91 Å². The molecule has 1 N–H and O–H groups in total. The Kier molecular flexibility index (Phi) is 5.12. The van der Waals surface area contributed by atoms with Crippen molar-refractivity contribution in [2.24, 2.45) is 0 Å². The summed E-state index contributed by atoms with van der Waals surface area (Å²) in [6.07, 6.45) is 0. The van der Waals surface area contributed by atoms with Crippen molar-refractivity contribution in [1.82, 2.24) is 4.90 Å². The minimum Gasteiger partial charge on any atom is -0.332 e. The van der Waals surface area contributed by atoms with Crippen LogP contribution in [0.2, 0.25) is 5.02 Å². The maximum absolute atomic E-state index is 13.0. The number of benzene rings is 2. The lowest BCUT2D eigenvalue weighted by molar-refractivity contribution is -0.116. The van der Waals surface area contributed by atoms with Gasteiger partial charge in [-0.1, -0.05) is 17.7 Å². The first kappa shape index (κ1) is 16.0. The lowest BCUT2D eigenvalue weighted by atomic mass is 10.2. The molecule has 0 radical (unpaired) electrons. The first-order chi connectivity index (χ1) is 10.5. The number of likely N-dealkylation sites (N-methyl/N-ethyl adjacent to an activating group) is 1. The summed E-state index contributed by atoms with van der Waals surface area (Å²) in [5.74, 6) is -1.15. The zero-order chi connectivity index (χ0) is 16.1. The van der Waals surface area contributed by atoms with Gasteiger partial charge in [0, 0.05) is 23.3 Å². The van der Waals surface area contributed by atoms with E-state index >= 15 is 0 Å². The van der Waals surface area contributed by atoms with Crippen molar-refractivity contribution in [1.29, 1.82) is 0 Å². The zero-order valence-electron chi connectivity index (χ0n) is 11.8. The van der Waals surface area contributed by atoms with E-state index in [0.717, 1.165) is 0 Å². The van der Waals surface area contributed by atoms with E-state index in [1.165, 1.54) is 30.1 Å². The van der Waals surface area contributed by atoms with E-state index in [1.807, 2.05) is 0 Å². The number of rotatable bonds is 4. The van der Waals surface area contributed by atoms with Crippen LogP contribution < -0.4 is 5.32 Å². The predicted molar refractivity (Wildman–Crippen MR) is 83.4 cm³/mol. The number of hydrogen-bond donors (Lipinski definition) is 1. The smallest absolute Gasteiger partial charge is 0.254 e. The lowest BCUT2D eigenvalue weighted by Crippen LogP contribution is -2.34. The Morgan fingerprint density at radius 2 is 1.86 bits per heavy atom. The van der Waals surface area contributed by atoms with Gasteiger partial charge >= 0.3 is 0 Å². The second-order valence-electron chi connectivity index (χ2n) is 4.73. The Morgan fingerprint density at radius 3 is 2.50 bits per heavy atom. The first-order valence-corrected chi connectivity index (χ1v) is 6.90. The molecule has 0 aliphatic rings. The normalized spacial score (nSPS) is 10.1. The molecule has 6 heteroatoms. The molecular formula is C16H14ClFN2O2. The van der Waals surface area contributed by atoms with E-state index in [4.69, 9.17) is 11.6 Å². The van der Waals surface area contributed by atoms with E-state index in [2.05, 4.69) is 5.32 Å². The topological polar surface area (TPSA) is 49.4 Å². The minimum absolute atomic E-state index is 0.141. The van der Waals surface area contributed by atoms with Crippen LogP contribution in [-0.2, 0) is 4.79 Å². The first-order valence-electron chi connectivity index (χ1n) is 6.52. The molecular weight excluding hydrogens is 307 g/mol. The van der Waals surface area contributed by atoms with Gasteiger partial charge in [0.1, 0.15) is 5.82 Å². The molecule has 0 unspecified atom stereocenters. The summed E-state index contributed by atoms with van der Waals surface area (Å²) in [6, 6.07) is 11.9. The number of halogens is 2. The summed E-state index contributed by atoms with van der Waals surface area (Å²) in [5.41, 5.74) is 0.780. The van der Waals surface area contributed by atoms with Gasteiger partial charge in [-0.05, 0) is 42.5 Å². The SMILES string of the molecule is CN(CC(=O)Nc1cccc(F)c1)C(=O)c1ccc(Cl)cc1. The Morgan fingerprint density at radius 1 is 1.18 bits per heavy atom. The molecule has 0 aliphatic heterocycles. The summed E-state index contributed by atoms with van der Waals surface area (Å²) < 4.78 is 13.0. The Balaban J connectivity index is 1.96. The second kappa shape index (κ2) is 7.04. The number of amides is 2. The van der Waals surface area contributed by atoms with Gasteiger partial charge in [-0.3, -0.25) is 9.59 Å². The van der Waals surface area contributed by atoms with Gasteiger partial charge in [0.05, 0.1) is 6.54 Å². The van der Waals surface area contributed by atoms with Crippen LogP contribution in [0.3, 0.4) is 0 Å². The van der Waals surface area contributed by atoms with Crippen molar-refractivity contribution in [3.63, 3.8) is 0 Å². The van der Waals surface area contributed by atoms with Crippen molar-refractivity contribution >= 4 is 29.1 Å². The Bertz CT molecular complexity index is 689. The van der Waals surface area contributed by atoms with Crippen molar-refractivity contribution in [3.8, 4) is 0 Å². The number of carbonyl (C=O) groups excluding carboxylic acids is 2. The van der Waals surface area contributed by atoms with Crippen LogP contribution in [0, 0.1) is 5.82 Å². The van der Waals surface area contributed by atoms with Crippen LogP contribution >= 0.6 is 11.6 Å². The quantitative estimate of drug-likeness (QED) is 0.940. The van der Waals surface area contributed by atoms with Gasteiger partial charge in [-0.15, -0.1) is 0 Å².